The average Bonchev–Trinajstić information content (AvgIpc) is 2.94. The van der Waals surface area contributed by atoms with Crippen molar-refractivity contribution in [2.24, 2.45) is 0 Å². The highest BCUT2D eigenvalue weighted by molar-refractivity contribution is 7.98. The van der Waals surface area contributed by atoms with Crippen LogP contribution in [0.5, 0.6) is 0 Å². The predicted octanol–water partition coefficient (Wildman–Crippen LogP) is 3.52. The predicted molar refractivity (Wildman–Crippen MR) is 78.2 cm³/mol. The van der Waals surface area contributed by atoms with Gasteiger partial charge >= 0.3 is 0 Å². The molecule has 2 rings (SSSR count). The van der Waals surface area contributed by atoms with E-state index in [4.69, 9.17) is 4.42 Å². The van der Waals surface area contributed by atoms with Gasteiger partial charge < -0.3 is 9.73 Å². The highest BCUT2D eigenvalue weighted by Gasteiger charge is 2.14. The molecule has 0 aliphatic rings. The Morgan fingerprint density at radius 2 is 2.00 bits per heavy atom. The minimum absolute atomic E-state index is 0.0895. The number of nitrogens with zero attached hydrogens (tertiary/aromatic N) is 2. The zero-order chi connectivity index (χ0) is 13.7. The monoisotopic (exact) mass is 277 g/mol. The molecule has 0 aliphatic heterocycles. The number of aromatic nitrogens is 2. The lowest BCUT2D eigenvalue weighted by atomic mass is 10.2. The largest absolute Gasteiger partial charge is 0.419 e. The molecule has 19 heavy (non-hydrogen) atoms. The van der Waals surface area contributed by atoms with Gasteiger partial charge in [-0.15, -0.1) is 22.0 Å². The summed E-state index contributed by atoms with van der Waals surface area (Å²) in [6.07, 6.45) is 3.14. The van der Waals surface area contributed by atoms with E-state index in [0.717, 1.165) is 18.5 Å². The fourth-order valence-corrected chi connectivity index (χ4v) is 2.12. The molecule has 0 fully saturated rings. The van der Waals surface area contributed by atoms with Crippen molar-refractivity contribution >= 4 is 11.8 Å². The third kappa shape index (κ3) is 3.58. The first kappa shape index (κ1) is 14.1. The molecular weight excluding hydrogens is 258 g/mol. The number of hydrogen-bond acceptors (Lipinski definition) is 5. The second kappa shape index (κ2) is 6.73. The molecule has 102 valence electrons. The van der Waals surface area contributed by atoms with Crippen molar-refractivity contribution in [2.45, 2.75) is 31.2 Å². The molecule has 1 aromatic heterocycles. The van der Waals surface area contributed by atoms with Gasteiger partial charge in [-0.05, 0) is 50.4 Å². The SMILES string of the molecule is CCCNC(C)c1nnc(-c2ccc(SC)cc2)o1. The molecule has 1 atom stereocenters. The van der Waals surface area contributed by atoms with E-state index in [9.17, 15) is 0 Å². The minimum atomic E-state index is 0.0895. The van der Waals surface area contributed by atoms with E-state index < -0.39 is 0 Å². The molecule has 1 unspecified atom stereocenters. The van der Waals surface area contributed by atoms with Crippen LogP contribution in [-0.2, 0) is 0 Å². The van der Waals surface area contributed by atoms with Crippen LogP contribution in [-0.4, -0.2) is 23.0 Å². The molecule has 0 bridgehead atoms. The molecule has 0 saturated heterocycles. The Morgan fingerprint density at radius 1 is 1.26 bits per heavy atom. The molecule has 2 aromatic rings. The van der Waals surface area contributed by atoms with E-state index in [1.54, 1.807) is 11.8 Å². The van der Waals surface area contributed by atoms with E-state index in [0.29, 0.717) is 11.8 Å². The van der Waals surface area contributed by atoms with Crippen LogP contribution < -0.4 is 5.32 Å². The lowest BCUT2D eigenvalue weighted by molar-refractivity contribution is 0.423. The van der Waals surface area contributed by atoms with Gasteiger partial charge in [-0.2, -0.15) is 0 Å². The molecule has 0 spiro atoms. The van der Waals surface area contributed by atoms with Crippen molar-refractivity contribution < 1.29 is 4.42 Å². The van der Waals surface area contributed by atoms with E-state index in [1.165, 1.54) is 4.90 Å². The molecule has 0 amide bonds. The third-order valence-electron chi connectivity index (χ3n) is 2.85. The van der Waals surface area contributed by atoms with Gasteiger partial charge in [-0.1, -0.05) is 6.92 Å². The summed E-state index contributed by atoms with van der Waals surface area (Å²) in [6, 6.07) is 8.22. The van der Waals surface area contributed by atoms with Gasteiger partial charge in [0.2, 0.25) is 11.8 Å². The van der Waals surface area contributed by atoms with Gasteiger partial charge in [0, 0.05) is 10.5 Å². The van der Waals surface area contributed by atoms with Crippen LogP contribution in [0.1, 0.15) is 32.2 Å². The fraction of sp³-hybridized carbons (Fsp3) is 0.429. The first-order chi connectivity index (χ1) is 9.24. The molecule has 1 heterocycles. The zero-order valence-corrected chi connectivity index (χ0v) is 12.3. The Morgan fingerprint density at radius 3 is 2.63 bits per heavy atom. The molecule has 1 aromatic carbocycles. The minimum Gasteiger partial charge on any atom is -0.419 e. The topological polar surface area (TPSA) is 51.0 Å². The summed E-state index contributed by atoms with van der Waals surface area (Å²) in [7, 11) is 0. The fourth-order valence-electron chi connectivity index (χ4n) is 1.71. The summed E-state index contributed by atoms with van der Waals surface area (Å²) in [5, 5.41) is 11.5. The van der Waals surface area contributed by atoms with Crippen LogP contribution in [0.25, 0.3) is 11.5 Å². The van der Waals surface area contributed by atoms with Crippen LogP contribution in [0, 0.1) is 0 Å². The quantitative estimate of drug-likeness (QED) is 0.819. The van der Waals surface area contributed by atoms with Crippen molar-refractivity contribution in [3.05, 3.63) is 30.2 Å². The normalized spacial score (nSPS) is 12.6. The van der Waals surface area contributed by atoms with Crippen LogP contribution in [0.15, 0.2) is 33.6 Å². The highest BCUT2D eigenvalue weighted by atomic mass is 32.2. The number of benzene rings is 1. The number of rotatable bonds is 6. The van der Waals surface area contributed by atoms with Crippen molar-refractivity contribution in [1.29, 1.82) is 0 Å². The van der Waals surface area contributed by atoms with Gasteiger partial charge in [0.1, 0.15) is 0 Å². The third-order valence-corrected chi connectivity index (χ3v) is 3.59. The highest BCUT2D eigenvalue weighted by Crippen LogP contribution is 2.23. The van der Waals surface area contributed by atoms with E-state index >= 15 is 0 Å². The second-order valence-electron chi connectivity index (χ2n) is 4.35. The van der Waals surface area contributed by atoms with Gasteiger partial charge in [0.05, 0.1) is 6.04 Å². The van der Waals surface area contributed by atoms with E-state index in [2.05, 4.69) is 40.8 Å². The standard InChI is InChI=1S/C14H19N3OS/c1-4-9-15-10(2)13-16-17-14(18-13)11-5-7-12(19-3)8-6-11/h5-8,10,15H,4,9H2,1-3H3. The maximum atomic E-state index is 5.71. The summed E-state index contributed by atoms with van der Waals surface area (Å²) >= 11 is 1.72. The first-order valence-corrected chi connectivity index (χ1v) is 7.68. The maximum Gasteiger partial charge on any atom is 0.247 e. The van der Waals surface area contributed by atoms with Gasteiger partial charge in [-0.25, -0.2) is 0 Å². The second-order valence-corrected chi connectivity index (χ2v) is 5.23. The van der Waals surface area contributed by atoms with Crippen LogP contribution in [0.2, 0.25) is 0 Å². The van der Waals surface area contributed by atoms with Gasteiger partial charge in [-0.3, -0.25) is 0 Å². The first-order valence-electron chi connectivity index (χ1n) is 6.45. The Bertz CT molecular complexity index is 510. The summed E-state index contributed by atoms with van der Waals surface area (Å²) in [5.74, 6) is 1.21. The van der Waals surface area contributed by atoms with E-state index in [1.807, 2.05) is 19.1 Å². The van der Waals surface area contributed by atoms with E-state index in [-0.39, 0.29) is 6.04 Å². The Labute approximate surface area is 118 Å². The lowest BCUT2D eigenvalue weighted by Crippen LogP contribution is -2.19. The molecule has 5 heteroatoms. The van der Waals surface area contributed by atoms with Gasteiger partial charge in [0.25, 0.3) is 0 Å². The molecular formula is C14H19N3OS. The zero-order valence-electron chi connectivity index (χ0n) is 11.5. The van der Waals surface area contributed by atoms with Crippen molar-refractivity contribution in [2.75, 3.05) is 12.8 Å². The van der Waals surface area contributed by atoms with Crippen LogP contribution >= 0.6 is 11.8 Å². The summed E-state index contributed by atoms with van der Waals surface area (Å²) < 4.78 is 5.71. The average molecular weight is 277 g/mol. The smallest absolute Gasteiger partial charge is 0.247 e. The summed E-state index contributed by atoms with van der Waals surface area (Å²) in [4.78, 5) is 1.22. The van der Waals surface area contributed by atoms with Crippen molar-refractivity contribution in [3.8, 4) is 11.5 Å². The molecule has 0 saturated carbocycles. The molecule has 0 radical (unpaired) electrons. The number of thioether (sulfide) groups is 1. The molecule has 0 aliphatic carbocycles. The summed E-state index contributed by atoms with van der Waals surface area (Å²) in [6.45, 7) is 5.11. The van der Waals surface area contributed by atoms with Crippen LogP contribution in [0.3, 0.4) is 0 Å². The number of nitrogens with one attached hydrogen (secondary N) is 1. The van der Waals surface area contributed by atoms with Crippen LogP contribution in [0.4, 0.5) is 0 Å². The molecule has 1 N–H and O–H groups in total. The Hall–Kier alpha value is -1.33. The lowest BCUT2D eigenvalue weighted by Gasteiger charge is -2.07. The maximum absolute atomic E-state index is 5.71. The molecule has 4 nitrogen and oxygen atoms in total. The summed E-state index contributed by atoms with van der Waals surface area (Å²) in [5.41, 5.74) is 0.958. The number of hydrogen-bond donors (Lipinski definition) is 1. The Kier molecular flexibility index (Phi) is 4.99. The Balaban J connectivity index is 2.11. The van der Waals surface area contributed by atoms with Gasteiger partial charge in [0.15, 0.2) is 0 Å². The van der Waals surface area contributed by atoms with Crippen molar-refractivity contribution in [1.82, 2.24) is 15.5 Å². The van der Waals surface area contributed by atoms with Crippen molar-refractivity contribution in [3.63, 3.8) is 0 Å².